The standard InChI is InChI=1S/C28H34N7O2/c1-3-12-33(13-4-1)19-23-30-25-27(34-14-17-36-18-15-34)31-26(21-7-6-8-22-20(21)10-11-29-22)32-28(25)35(23)24-9-2-5-16-37-24/h1,6-8,10-11,24,29H,2-5,9,12-19H2. The van der Waals surface area contributed by atoms with Crippen molar-refractivity contribution in [2.75, 3.05) is 50.9 Å². The van der Waals surface area contributed by atoms with Crippen LogP contribution in [-0.2, 0) is 16.0 Å². The van der Waals surface area contributed by atoms with Crippen LogP contribution in [0.25, 0.3) is 33.5 Å². The third-order valence-corrected chi connectivity index (χ3v) is 7.85. The van der Waals surface area contributed by atoms with Gasteiger partial charge in [-0.25, -0.2) is 15.0 Å². The van der Waals surface area contributed by atoms with Gasteiger partial charge in [0.1, 0.15) is 12.1 Å². The Morgan fingerprint density at radius 1 is 0.946 bits per heavy atom. The molecule has 3 aliphatic rings. The van der Waals surface area contributed by atoms with Gasteiger partial charge in [-0.15, -0.1) is 0 Å². The van der Waals surface area contributed by atoms with Gasteiger partial charge in [0, 0.05) is 42.4 Å². The van der Waals surface area contributed by atoms with Gasteiger partial charge in [0.25, 0.3) is 0 Å². The van der Waals surface area contributed by atoms with Gasteiger partial charge < -0.3 is 19.4 Å². The van der Waals surface area contributed by atoms with Gasteiger partial charge in [-0.2, -0.15) is 0 Å². The first kappa shape index (κ1) is 23.1. The normalized spacial score (nSPS) is 21.7. The second kappa shape index (κ2) is 10.0. The second-order valence-corrected chi connectivity index (χ2v) is 10.2. The molecule has 3 aliphatic heterocycles. The second-order valence-electron chi connectivity index (χ2n) is 10.2. The minimum atomic E-state index is -0.0477. The monoisotopic (exact) mass is 500 g/mol. The van der Waals surface area contributed by atoms with E-state index in [1.54, 1.807) is 0 Å². The molecule has 37 heavy (non-hydrogen) atoms. The van der Waals surface area contributed by atoms with Crippen LogP contribution in [0, 0.1) is 6.42 Å². The molecule has 0 saturated carbocycles. The third kappa shape index (κ3) is 4.39. The summed E-state index contributed by atoms with van der Waals surface area (Å²) >= 11 is 0. The number of rotatable bonds is 5. The van der Waals surface area contributed by atoms with Crippen LogP contribution in [0.15, 0.2) is 30.5 Å². The molecule has 4 aromatic rings. The number of benzene rings is 1. The van der Waals surface area contributed by atoms with Gasteiger partial charge >= 0.3 is 0 Å². The molecule has 3 fully saturated rings. The van der Waals surface area contributed by atoms with Crippen LogP contribution >= 0.6 is 0 Å². The first-order valence-corrected chi connectivity index (χ1v) is 13.7. The predicted molar refractivity (Wildman–Crippen MR) is 143 cm³/mol. The number of piperidine rings is 1. The minimum Gasteiger partial charge on any atom is -0.378 e. The van der Waals surface area contributed by atoms with E-state index in [1.807, 2.05) is 6.20 Å². The van der Waals surface area contributed by atoms with Crippen molar-refractivity contribution in [2.45, 2.75) is 44.9 Å². The topological polar surface area (TPSA) is 84.3 Å². The number of ether oxygens (including phenoxy) is 2. The van der Waals surface area contributed by atoms with Gasteiger partial charge in [0.15, 0.2) is 22.8 Å². The molecule has 193 valence electrons. The summed E-state index contributed by atoms with van der Waals surface area (Å²) in [5.74, 6) is 2.67. The van der Waals surface area contributed by atoms with E-state index < -0.39 is 0 Å². The Balaban J connectivity index is 1.43. The van der Waals surface area contributed by atoms with Gasteiger partial charge in [0.2, 0.25) is 0 Å². The molecule has 1 atom stereocenters. The molecule has 7 rings (SSSR count). The van der Waals surface area contributed by atoms with E-state index in [2.05, 4.69) is 50.0 Å². The van der Waals surface area contributed by atoms with Crippen LogP contribution in [-0.4, -0.2) is 75.4 Å². The SMILES string of the molecule is [CH]1CCN(Cc2nc3c(N4CCOCC4)nc(-c4cccc5[nH]ccc45)nc3n2C2CCCCO2)CC1. The molecule has 0 amide bonds. The fraction of sp³-hybridized carbons (Fsp3) is 0.500. The molecule has 1 N–H and O–H groups in total. The molecule has 9 nitrogen and oxygen atoms in total. The maximum Gasteiger partial charge on any atom is 0.168 e. The Morgan fingerprint density at radius 3 is 2.68 bits per heavy atom. The van der Waals surface area contributed by atoms with Crippen molar-refractivity contribution in [3.8, 4) is 11.4 Å². The van der Waals surface area contributed by atoms with Gasteiger partial charge in [0.05, 0.1) is 19.8 Å². The number of hydrogen-bond donors (Lipinski definition) is 1. The zero-order valence-corrected chi connectivity index (χ0v) is 21.2. The molecule has 9 heteroatoms. The van der Waals surface area contributed by atoms with Gasteiger partial charge in [-0.05, 0) is 63.7 Å². The number of nitrogens with zero attached hydrogens (tertiary/aromatic N) is 6. The number of anilines is 1. The summed E-state index contributed by atoms with van der Waals surface area (Å²) in [6.45, 7) is 6.69. The van der Waals surface area contributed by atoms with Gasteiger partial charge in [-0.3, -0.25) is 9.47 Å². The van der Waals surface area contributed by atoms with Crippen molar-refractivity contribution in [3.63, 3.8) is 0 Å². The summed E-state index contributed by atoms with van der Waals surface area (Å²) in [4.78, 5) is 23.8. The van der Waals surface area contributed by atoms with E-state index >= 15 is 0 Å². The Kier molecular flexibility index (Phi) is 6.28. The number of aromatic nitrogens is 5. The van der Waals surface area contributed by atoms with Gasteiger partial charge in [-0.1, -0.05) is 12.1 Å². The highest BCUT2D eigenvalue weighted by atomic mass is 16.5. The number of imidazole rings is 1. The highest BCUT2D eigenvalue weighted by Gasteiger charge is 2.29. The van der Waals surface area contributed by atoms with E-state index in [0.29, 0.717) is 13.2 Å². The first-order chi connectivity index (χ1) is 18.3. The Bertz CT molecular complexity index is 1380. The van der Waals surface area contributed by atoms with Crippen LogP contribution in [0.3, 0.4) is 0 Å². The number of aromatic amines is 1. The maximum atomic E-state index is 6.35. The molecule has 1 aromatic carbocycles. The quantitative estimate of drug-likeness (QED) is 0.437. The van der Waals surface area contributed by atoms with Crippen molar-refractivity contribution in [1.29, 1.82) is 0 Å². The van der Waals surface area contributed by atoms with Crippen LogP contribution in [0.1, 0.15) is 44.2 Å². The molecule has 3 saturated heterocycles. The summed E-state index contributed by atoms with van der Waals surface area (Å²) in [6, 6.07) is 8.38. The lowest BCUT2D eigenvalue weighted by molar-refractivity contribution is -0.0323. The lowest BCUT2D eigenvalue weighted by atomic mass is 10.1. The van der Waals surface area contributed by atoms with Crippen LogP contribution < -0.4 is 4.90 Å². The van der Waals surface area contributed by atoms with E-state index in [0.717, 1.165) is 117 Å². The predicted octanol–water partition coefficient (Wildman–Crippen LogP) is 4.31. The fourth-order valence-electron chi connectivity index (χ4n) is 5.90. The Morgan fingerprint density at radius 2 is 1.84 bits per heavy atom. The number of morpholine rings is 1. The molecule has 3 aromatic heterocycles. The van der Waals surface area contributed by atoms with Crippen molar-refractivity contribution in [3.05, 3.63) is 42.7 Å². The smallest absolute Gasteiger partial charge is 0.168 e. The summed E-state index contributed by atoms with van der Waals surface area (Å²) in [7, 11) is 0. The van der Waals surface area contributed by atoms with Crippen LogP contribution in [0.4, 0.5) is 5.82 Å². The molecule has 6 heterocycles. The Hall–Kier alpha value is -3.01. The average molecular weight is 501 g/mol. The zero-order chi connectivity index (χ0) is 24.6. The van der Waals surface area contributed by atoms with Crippen molar-refractivity contribution in [1.82, 2.24) is 29.4 Å². The highest BCUT2D eigenvalue weighted by Crippen LogP contribution is 2.35. The number of fused-ring (bicyclic) bond motifs is 2. The number of H-pyrrole nitrogens is 1. The molecular formula is C28H34N7O2. The highest BCUT2D eigenvalue weighted by molar-refractivity contribution is 5.95. The zero-order valence-electron chi connectivity index (χ0n) is 21.2. The molecule has 0 aliphatic carbocycles. The van der Waals surface area contributed by atoms with Crippen molar-refractivity contribution >= 4 is 27.9 Å². The van der Waals surface area contributed by atoms with E-state index in [9.17, 15) is 0 Å². The van der Waals surface area contributed by atoms with Crippen molar-refractivity contribution in [2.24, 2.45) is 0 Å². The summed E-state index contributed by atoms with van der Waals surface area (Å²) in [5.41, 5.74) is 3.87. The first-order valence-electron chi connectivity index (χ1n) is 13.7. The lowest BCUT2D eigenvalue weighted by Crippen LogP contribution is -2.37. The molecule has 1 radical (unpaired) electrons. The maximum absolute atomic E-state index is 6.35. The van der Waals surface area contributed by atoms with E-state index in [1.165, 1.54) is 0 Å². The molecule has 0 spiro atoms. The third-order valence-electron chi connectivity index (χ3n) is 7.85. The molecular weight excluding hydrogens is 466 g/mol. The number of nitrogens with one attached hydrogen (secondary N) is 1. The molecule has 1 unspecified atom stereocenters. The largest absolute Gasteiger partial charge is 0.378 e. The number of likely N-dealkylation sites (tertiary alicyclic amines) is 1. The Labute approximate surface area is 216 Å². The van der Waals surface area contributed by atoms with Crippen LogP contribution in [0.2, 0.25) is 0 Å². The average Bonchev–Trinajstić information content (AvgIpc) is 3.58. The lowest BCUT2D eigenvalue weighted by Gasteiger charge is -2.29. The van der Waals surface area contributed by atoms with Crippen molar-refractivity contribution < 1.29 is 9.47 Å². The minimum absolute atomic E-state index is 0.0477. The molecule has 0 bridgehead atoms. The fourth-order valence-corrected chi connectivity index (χ4v) is 5.90. The summed E-state index contributed by atoms with van der Waals surface area (Å²) in [6.07, 6.45) is 9.81. The number of hydrogen-bond acceptors (Lipinski definition) is 7. The summed E-state index contributed by atoms with van der Waals surface area (Å²) in [5, 5.41) is 1.12. The summed E-state index contributed by atoms with van der Waals surface area (Å²) < 4.78 is 14.3. The van der Waals surface area contributed by atoms with E-state index in [-0.39, 0.29) is 6.23 Å². The van der Waals surface area contributed by atoms with Crippen LogP contribution in [0.5, 0.6) is 0 Å². The van der Waals surface area contributed by atoms with E-state index in [4.69, 9.17) is 24.4 Å².